The Morgan fingerprint density at radius 3 is 2.67 bits per heavy atom. The van der Waals surface area contributed by atoms with E-state index in [1.54, 1.807) is 0 Å². The van der Waals surface area contributed by atoms with E-state index in [2.05, 4.69) is 51.0 Å². The average Bonchev–Trinajstić information content (AvgIpc) is 2.87. The van der Waals surface area contributed by atoms with Crippen LogP contribution < -0.4 is 10.5 Å². The van der Waals surface area contributed by atoms with Gasteiger partial charge in [0.15, 0.2) is 0 Å². The lowest BCUT2D eigenvalue weighted by molar-refractivity contribution is 0.302. The van der Waals surface area contributed by atoms with Crippen LogP contribution in [0.2, 0.25) is 0 Å². The highest BCUT2D eigenvalue weighted by Gasteiger charge is 2.01. The van der Waals surface area contributed by atoms with Crippen LogP contribution >= 0.6 is 15.9 Å². The third kappa shape index (κ3) is 3.39. The Morgan fingerprint density at radius 1 is 1.05 bits per heavy atom. The predicted molar refractivity (Wildman–Crippen MR) is 90.6 cm³/mol. The second kappa shape index (κ2) is 6.22. The van der Waals surface area contributed by atoms with Gasteiger partial charge < -0.3 is 15.0 Å². The van der Waals surface area contributed by atoms with Crippen LogP contribution in [0.1, 0.15) is 6.42 Å². The number of nitrogens with zero attached hydrogens (tertiary/aromatic N) is 1. The van der Waals surface area contributed by atoms with Gasteiger partial charge in [-0.15, -0.1) is 0 Å². The van der Waals surface area contributed by atoms with Crippen molar-refractivity contribution < 1.29 is 4.74 Å². The first-order chi connectivity index (χ1) is 10.2. The van der Waals surface area contributed by atoms with E-state index in [1.807, 2.05) is 24.3 Å². The maximum atomic E-state index is 5.71. The molecule has 0 unspecified atom stereocenters. The fourth-order valence-corrected chi connectivity index (χ4v) is 2.73. The Hall–Kier alpha value is -1.94. The summed E-state index contributed by atoms with van der Waals surface area (Å²) in [4.78, 5) is 0. The predicted octanol–water partition coefficient (Wildman–Crippen LogP) is 4.46. The minimum Gasteiger partial charge on any atom is -0.494 e. The normalized spacial score (nSPS) is 10.9. The van der Waals surface area contributed by atoms with Crippen LogP contribution in [0.15, 0.2) is 59.2 Å². The summed E-state index contributed by atoms with van der Waals surface area (Å²) < 4.78 is 9.08. The molecule has 0 spiro atoms. The van der Waals surface area contributed by atoms with Gasteiger partial charge in [0.1, 0.15) is 5.75 Å². The van der Waals surface area contributed by atoms with E-state index in [-0.39, 0.29) is 0 Å². The zero-order valence-corrected chi connectivity index (χ0v) is 13.2. The number of aryl methyl sites for hydroxylation is 1. The molecule has 3 nitrogen and oxygen atoms in total. The summed E-state index contributed by atoms with van der Waals surface area (Å²) in [7, 11) is 0. The highest BCUT2D eigenvalue weighted by molar-refractivity contribution is 9.10. The summed E-state index contributed by atoms with van der Waals surface area (Å²) in [6.45, 7) is 1.64. The van der Waals surface area contributed by atoms with Crippen molar-refractivity contribution in [1.29, 1.82) is 0 Å². The summed E-state index contributed by atoms with van der Waals surface area (Å²) in [5, 5.41) is 1.25. The van der Waals surface area contributed by atoms with Crippen molar-refractivity contribution in [3.63, 3.8) is 0 Å². The molecule has 2 N–H and O–H groups in total. The maximum Gasteiger partial charge on any atom is 0.119 e. The smallest absolute Gasteiger partial charge is 0.119 e. The van der Waals surface area contributed by atoms with Gasteiger partial charge >= 0.3 is 0 Å². The number of nitrogens with two attached hydrogens (primary N) is 1. The van der Waals surface area contributed by atoms with Crippen LogP contribution in [-0.4, -0.2) is 11.2 Å². The fourth-order valence-electron chi connectivity index (χ4n) is 2.35. The fraction of sp³-hybridized carbons (Fsp3) is 0.176. The number of hydrogen-bond acceptors (Lipinski definition) is 2. The summed E-state index contributed by atoms with van der Waals surface area (Å²) in [5.74, 6) is 0.866. The van der Waals surface area contributed by atoms with E-state index < -0.39 is 0 Å². The Kier molecular flexibility index (Phi) is 4.15. The van der Waals surface area contributed by atoms with Gasteiger partial charge in [-0.05, 0) is 55.0 Å². The molecule has 1 aromatic heterocycles. The van der Waals surface area contributed by atoms with Crippen molar-refractivity contribution >= 4 is 32.5 Å². The second-order valence-corrected chi connectivity index (χ2v) is 5.90. The van der Waals surface area contributed by atoms with Crippen molar-refractivity contribution in [2.24, 2.45) is 0 Å². The summed E-state index contributed by atoms with van der Waals surface area (Å²) in [6.07, 6.45) is 3.09. The second-order valence-electron chi connectivity index (χ2n) is 4.98. The topological polar surface area (TPSA) is 40.2 Å². The largest absolute Gasteiger partial charge is 0.494 e. The first-order valence-corrected chi connectivity index (χ1v) is 7.74. The van der Waals surface area contributed by atoms with Gasteiger partial charge in [-0.25, -0.2) is 0 Å². The van der Waals surface area contributed by atoms with Crippen LogP contribution in [0.25, 0.3) is 10.9 Å². The molecule has 0 saturated carbocycles. The molecule has 3 aromatic rings. The number of fused-ring (bicyclic) bond motifs is 1. The number of benzene rings is 2. The van der Waals surface area contributed by atoms with E-state index in [0.717, 1.165) is 28.9 Å². The molecular weight excluding hydrogens is 328 g/mol. The minimum atomic E-state index is 0.695. The van der Waals surface area contributed by atoms with Crippen LogP contribution in [0.5, 0.6) is 5.75 Å². The minimum absolute atomic E-state index is 0.695. The number of halogens is 1. The quantitative estimate of drug-likeness (QED) is 0.548. The Balaban J connectivity index is 1.56. The molecule has 0 saturated heterocycles. The first kappa shape index (κ1) is 14.0. The number of hydrogen-bond donors (Lipinski definition) is 1. The molecule has 0 fully saturated rings. The number of ether oxygens (including phenoxy) is 1. The maximum absolute atomic E-state index is 5.71. The molecule has 4 heteroatoms. The van der Waals surface area contributed by atoms with Crippen LogP contribution in [0, 0.1) is 0 Å². The standard InChI is InChI=1S/C17H17BrN2O/c18-14-2-7-17-13(12-14)8-10-20(17)9-1-11-21-16-5-3-15(19)4-6-16/h2-8,10,12H,1,9,11,19H2. The molecule has 2 aromatic carbocycles. The highest BCUT2D eigenvalue weighted by Crippen LogP contribution is 2.21. The van der Waals surface area contributed by atoms with Crippen molar-refractivity contribution in [2.75, 3.05) is 12.3 Å². The number of aromatic nitrogens is 1. The summed E-state index contributed by atoms with van der Waals surface area (Å²) in [6, 6.07) is 16.0. The van der Waals surface area contributed by atoms with Crippen molar-refractivity contribution in [1.82, 2.24) is 4.57 Å². The van der Waals surface area contributed by atoms with Crippen LogP contribution in [0.4, 0.5) is 5.69 Å². The molecule has 0 aliphatic rings. The molecule has 0 atom stereocenters. The summed E-state index contributed by atoms with van der Waals surface area (Å²) >= 11 is 3.50. The zero-order valence-electron chi connectivity index (χ0n) is 11.6. The third-order valence-electron chi connectivity index (χ3n) is 3.43. The Labute approximate surface area is 132 Å². The molecule has 108 valence electrons. The summed E-state index contributed by atoms with van der Waals surface area (Å²) in [5.41, 5.74) is 7.66. The van der Waals surface area contributed by atoms with Crippen LogP contribution in [0.3, 0.4) is 0 Å². The van der Waals surface area contributed by atoms with E-state index in [1.165, 1.54) is 10.9 Å². The molecule has 0 amide bonds. The molecule has 1 heterocycles. The lowest BCUT2D eigenvalue weighted by atomic mass is 10.2. The van der Waals surface area contributed by atoms with Crippen molar-refractivity contribution in [2.45, 2.75) is 13.0 Å². The van der Waals surface area contributed by atoms with Gasteiger partial charge in [0.05, 0.1) is 6.61 Å². The molecule has 3 rings (SSSR count). The molecule has 0 radical (unpaired) electrons. The average molecular weight is 345 g/mol. The van der Waals surface area contributed by atoms with E-state index in [0.29, 0.717) is 6.61 Å². The van der Waals surface area contributed by atoms with Crippen molar-refractivity contribution in [3.05, 3.63) is 59.2 Å². The highest BCUT2D eigenvalue weighted by atomic mass is 79.9. The number of anilines is 1. The molecule has 0 bridgehead atoms. The van der Waals surface area contributed by atoms with E-state index >= 15 is 0 Å². The third-order valence-corrected chi connectivity index (χ3v) is 3.92. The van der Waals surface area contributed by atoms with E-state index in [9.17, 15) is 0 Å². The van der Waals surface area contributed by atoms with Gasteiger partial charge in [0.2, 0.25) is 0 Å². The lowest BCUT2D eigenvalue weighted by Crippen LogP contribution is -2.03. The monoisotopic (exact) mass is 344 g/mol. The SMILES string of the molecule is Nc1ccc(OCCCn2ccc3cc(Br)ccc32)cc1. The van der Waals surface area contributed by atoms with Gasteiger partial charge in [-0.1, -0.05) is 15.9 Å². The Morgan fingerprint density at radius 2 is 1.86 bits per heavy atom. The van der Waals surface area contributed by atoms with Gasteiger partial charge in [-0.3, -0.25) is 0 Å². The lowest BCUT2D eigenvalue weighted by Gasteiger charge is -2.08. The van der Waals surface area contributed by atoms with Gasteiger partial charge in [0.25, 0.3) is 0 Å². The Bertz CT molecular complexity index is 734. The molecule has 21 heavy (non-hydrogen) atoms. The van der Waals surface area contributed by atoms with Crippen molar-refractivity contribution in [3.8, 4) is 5.75 Å². The number of rotatable bonds is 5. The van der Waals surface area contributed by atoms with Crippen LogP contribution in [-0.2, 0) is 6.54 Å². The molecule has 0 aliphatic carbocycles. The molecular formula is C17H17BrN2O. The van der Waals surface area contributed by atoms with Gasteiger partial charge in [0, 0.05) is 33.8 Å². The molecule has 0 aliphatic heterocycles. The first-order valence-electron chi connectivity index (χ1n) is 6.95. The number of nitrogen functional groups attached to an aromatic ring is 1. The van der Waals surface area contributed by atoms with E-state index in [4.69, 9.17) is 10.5 Å². The van der Waals surface area contributed by atoms with Gasteiger partial charge in [-0.2, -0.15) is 0 Å². The zero-order chi connectivity index (χ0) is 14.7.